The van der Waals surface area contributed by atoms with Crippen LogP contribution >= 0.6 is 23.2 Å². The van der Waals surface area contributed by atoms with Crippen LogP contribution in [0.4, 0.5) is 4.39 Å². The number of nitrogens with zero attached hydrogens (tertiary/aromatic N) is 3. The first-order valence-electron chi connectivity index (χ1n) is 12.2. The SMILES string of the molecule is O=C(NC(=Cc1cn(-c2ccccc2)nc1-c1ccc(F)cc1)C(=O)N1CCOCC1)c1ccc(Cl)cc1Cl. The highest BCUT2D eigenvalue weighted by Gasteiger charge is 2.24. The van der Waals surface area contributed by atoms with E-state index < -0.39 is 5.91 Å². The molecule has 7 nitrogen and oxygen atoms in total. The van der Waals surface area contributed by atoms with Crippen LogP contribution in [0.1, 0.15) is 15.9 Å². The summed E-state index contributed by atoms with van der Waals surface area (Å²) in [7, 11) is 0. The Labute approximate surface area is 234 Å². The van der Waals surface area contributed by atoms with E-state index in [4.69, 9.17) is 33.0 Å². The highest BCUT2D eigenvalue weighted by atomic mass is 35.5. The maximum atomic E-state index is 13.7. The largest absolute Gasteiger partial charge is 0.378 e. The predicted molar refractivity (Wildman–Crippen MR) is 148 cm³/mol. The quantitative estimate of drug-likeness (QED) is 0.308. The van der Waals surface area contributed by atoms with Gasteiger partial charge in [0.1, 0.15) is 17.2 Å². The Morgan fingerprint density at radius 2 is 1.69 bits per heavy atom. The molecule has 5 rings (SSSR count). The third-order valence-electron chi connectivity index (χ3n) is 6.13. The lowest BCUT2D eigenvalue weighted by atomic mass is 10.1. The van der Waals surface area contributed by atoms with Gasteiger partial charge >= 0.3 is 0 Å². The van der Waals surface area contributed by atoms with Gasteiger partial charge in [0.15, 0.2) is 0 Å². The Morgan fingerprint density at radius 1 is 0.974 bits per heavy atom. The molecule has 1 aliphatic heterocycles. The molecule has 3 aromatic carbocycles. The second-order valence-electron chi connectivity index (χ2n) is 8.76. The highest BCUT2D eigenvalue weighted by Crippen LogP contribution is 2.27. The van der Waals surface area contributed by atoms with Crippen molar-refractivity contribution < 1.29 is 18.7 Å². The zero-order valence-corrected chi connectivity index (χ0v) is 22.1. The summed E-state index contributed by atoms with van der Waals surface area (Å²) in [6, 6.07) is 19.8. The normalized spacial score (nSPS) is 13.8. The smallest absolute Gasteiger partial charge is 0.270 e. The number of hydrogen-bond acceptors (Lipinski definition) is 4. The molecular weight excluding hydrogens is 542 g/mol. The molecule has 198 valence electrons. The number of benzene rings is 3. The van der Waals surface area contributed by atoms with Crippen molar-refractivity contribution in [3.63, 3.8) is 0 Å². The highest BCUT2D eigenvalue weighted by molar-refractivity contribution is 6.36. The van der Waals surface area contributed by atoms with E-state index in [1.54, 1.807) is 40.1 Å². The van der Waals surface area contributed by atoms with Crippen LogP contribution in [0.5, 0.6) is 0 Å². The molecule has 0 bridgehead atoms. The van der Waals surface area contributed by atoms with E-state index >= 15 is 0 Å². The van der Waals surface area contributed by atoms with Crippen LogP contribution in [0, 0.1) is 5.82 Å². The zero-order valence-electron chi connectivity index (χ0n) is 20.6. The zero-order chi connectivity index (χ0) is 27.4. The Kier molecular flexibility index (Phi) is 8.07. The molecule has 0 spiro atoms. The first kappa shape index (κ1) is 26.6. The average Bonchev–Trinajstić information content (AvgIpc) is 3.37. The molecule has 1 fully saturated rings. The van der Waals surface area contributed by atoms with Crippen molar-refractivity contribution in [2.24, 2.45) is 0 Å². The number of nitrogens with one attached hydrogen (secondary N) is 1. The number of hydrogen-bond donors (Lipinski definition) is 1. The van der Waals surface area contributed by atoms with Crippen LogP contribution < -0.4 is 5.32 Å². The topological polar surface area (TPSA) is 76.5 Å². The lowest BCUT2D eigenvalue weighted by molar-refractivity contribution is -0.131. The first-order valence-corrected chi connectivity index (χ1v) is 12.9. The van der Waals surface area contributed by atoms with Gasteiger partial charge in [0.2, 0.25) is 0 Å². The minimum atomic E-state index is -0.566. The number of morpholine rings is 1. The van der Waals surface area contributed by atoms with Gasteiger partial charge in [0.05, 0.1) is 29.5 Å². The molecule has 0 atom stereocenters. The fourth-order valence-electron chi connectivity index (χ4n) is 4.14. The monoisotopic (exact) mass is 564 g/mol. The van der Waals surface area contributed by atoms with Crippen molar-refractivity contribution in [1.29, 1.82) is 0 Å². The molecule has 39 heavy (non-hydrogen) atoms. The lowest BCUT2D eigenvalue weighted by Crippen LogP contribution is -2.44. The van der Waals surface area contributed by atoms with Gasteiger partial charge in [0.25, 0.3) is 11.8 Å². The number of ether oxygens (including phenoxy) is 1. The number of carbonyl (C=O) groups excluding carboxylic acids is 2. The Balaban J connectivity index is 1.60. The van der Waals surface area contributed by atoms with Crippen molar-refractivity contribution in [3.05, 3.63) is 112 Å². The fourth-order valence-corrected chi connectivity index (χ4v) is 4.64. The summed E-state index contributed by atoms with van der Waals surface area (Å²) in [6.07, 6.45) is 3.33. The van der Waals surface area contributed by atoms with Gasteiger partial charge in [-0.15, -0.1) is 0 Å². The van der Waals surface area contributed by atoms with E-state index in [9.17, 15) is 14.0 Å². The summed E-state index contributed by atoms with van der Waals surface area (Å²) in [5.41, 5.74) is 2.68. The summed E-state index contributed by atoms with van der Waals surface area (Å²) in [5, 5.41) is 8.00. The van der Waals surface area contributed by atoms with E-state index in [1.807, 2.05) is 30.3 Å². The first-order chi connectivity index (χ1) is 18.9. The van der Waals surface area contributed by atoms with Crippen LogP contribution in [0.15, 0.2) is 84.7 Å². The maximum Gasteiger partial charge on any atom is 0.270 e. The van der Waals surface area contributed by atoms with Gasteiger partial charge in [-0.2, -0.15) is 5.10 Å². The van der Waals surface area contributed by atoms with Gasteiger partial charge in [-0.1, -0.05) is 41.4 Å². The Hall–Kier alpha value is -3.98. The molecule has 1 N–H and O–H groups in total. The molecule has 10 heteroatoms. The fraction of sp³-hybridized carbons (Fsp3) is 0.138. The van der Waals surface area contributed by atoms with Gasteiger partial charge in [-0.3, -0.25) is 9.59 Å². The van der Waals surface area contributed by atoms with Crippen molar-refractivity contribution in [2.75, 3.05) is 26.3 Å². The number of carbonyl (C=O) groups is 2. The Morgan fingerprint density at radius 3 is 2.38 bits per heavy atom. The van der Waals surface area contributed by atoms with Crippen molar-refractivity contribution in [2.45, 2.75) is 0 Å². The number of aromatic nitrogens is 2. The average molecular weight is 565 g/mol. The van der Waals surface area contributed by atoms with E-state index in [1.165, 1.54) is 24.3 Å². The summed E-state index contributed by atoms with van der Waals surface area (Å²) in [4.78, 5) is 28.5. The number of halogens is 3. The third kappa shape index (κ3) is 6.20. The minimum Gasteiger partial charge on any atom is -0.378 e. The maximum absolute atomic E-state index is 13.7. The van der Waals surface area contributed by atoms with E-state index in [2.05, 4.69) is 5.32 Å². The second-order valence-corrected chi connectivity index (χ2v) is 9.60. The number of rotatable bonds is 6. The van der Waals surface area contributed by atoms with E-state index in [0.29, 0.717) is 48.1 Å². The van der Waals surface area contributed by atoms with Crippen molar-refractivity contribution in [3.8, 4) is 16.9 Å². The van der Waals surface area contributed by atoms with Gasteiger partial charge in [0, 0.05) is 35.4 Å². The van der Waals surface area contributed by atoms with Crippen LogP contribution in [0.3, 0.4) is 0 Å². The minimum absolute atomic E-state index is 0.0314. The van der Waals surface area contributed by atoms with Crippen LogP contribution in [0.2, 0.25) is 10.0 Å². The molecule has 0 radical (unpaired) electrons. The molecule has 2 heterocycles. The summed E-state index contributed by atoms with van der Waals surface area (Å²) in [6.45, 7) is 1.54. The standard InChI is InChI=1S/C29H23Cl2FN4O3/c30-21-8-11-24(25(31)17-21)28(37)33-26(29(38)35-12-14-39-15-13-35)16-20-18-36(23-4-2-1-3-5-23)34-27(20)19-6-9-22(32)10-7-19/h1-11,16-18H,12-15H2,(H,33,37). The second kappa shape index (κ2) is 11.8. The van der Waals surface area contributed by atoms with Crippen LogP contribution in [0.25, 0.3) is 23.0 Å². The number of amides is 2. The molecule has 2 amide bonds. The lowest BCUT2D eigenvalue weighted by Gasteiger charge is -2.28. The Bertz CT molecular complexity index is 1530. The molecule has 0 aliphatic carbocycles. The third-order valence-corrected chi connectivity index (χ3v) is 6.68. The van der Waals surface area contributed by atoms with Gasteiger partial charge in [-0.25, -0.2) is 9.07 Å². The molecule has 1 aliphatic rings. The summed E-state index contributed by atoms with van der Waals surface area (Å²) < 4.78 is 20.7. The predicted octanol–water partition coefficient (Wildman–Crippen LogP) is 5.61. The molecule has 4 aromatic rings. The number of para-hydroxylation sites is 1. The molecule has 1 saturated heterocycles. The molecular formula is C29H23Cl2FN4O3. The molecule has 1 aromatic heterocycles. The summed E-state index contributed by atoms with van der Waals surface area (Å²) >= 11 is 12.3. The molecule has 0 saturated carbocycles. The van der Waals surface area contributed by atoms with E-state index in [0.717, 1.165) is 5.69 Å². The van der Waals surface area contributed by atoms with Gasteiger partial charge < -0.3 is 15.0 Å². The van der Waals surface area contributed by atoms with Crippen molar-refractivity contribution in [1.82, 2.24) is 20.0 Å². The van der Waals surface area contributed by atoms with Gasteiger partial charge in [-0.05, 0) is 60.7 Å². The van der Waals surface area contributed by atoms with Crippen LogP contribution in [-0.2, 0) is 9.53 Å². The van der Waals surface area contributed by atoms with Crippen molar-refractivity contribution >= 4 is 41.1 Å². The summed E-state index contributed by atoms with van der Waals surface area (Å²) in [5.74, 6) is -1.33. The van der Waals surface area contributed by atoms with Crippen LogP contribution in [-0.4, -0.2) is 52.8 Å². The van der Waals surface area contributed by atoms with E-state index in [-0.39, 0.29) is 28.0 Å². The molecule has 0 unspecified atom stereocenters.